The van der Waals surface area contributed by atoms with Crippen LogP contribution in [0, 0.1) is 5.92 Å². The second-order valence-electron chi connectivity index (χ2n) is 6.95. The van der Waals surface area contributed by atoms with E-state index in [1.54, 1.807) is 24.3 Å². The summed E-state index contributed by atoms with van der Waals surface area (Å²) in [6, 6.07) is 12.0. The third-order valence-corrected chi connectivity index (χ3v) is 4.87. The van der Waals surface area contributed by atoms with Crippen LogP contribution in [0.4, 0.5) is 24.5 Å². The van der Waals surface area contributed by atoms with Crippen molar-refractivity contribution in [1.82, 2.24) is 0 Å². The van der Waals surface area contributed by atoms with Gasteiger partial charge < -0.3 is 14.6 Å². The molecule has 0 spiro atoms. The van der Waals surface area contributed by atoms with Crippen LogP contribution < -0.4 is 15.8 Å². The van der Waals surface area contributed by atoms with E-state index in [0.717, 1.165) is 12.1 Å². The van der Waals surface area contributed by atoms with Crippen LogP contribution in [0.25, 0.3) is 11.0 Å². The molecule has 6 nitrogen and oxygen atoms in total. The van der Waals surface area contributed by atoms with Gasteiger partial charge in [0, 0.05) is 35.8 Å². The first kappa shape index (κ1) is 19.7. The highest BCUT2D eigenvalue weighted by molar-refractivity contribution is 6.04. The minimum atomic E-state index is -4.52. The number of nitrogens with zero attached hydrogens (tertiary/aromatic N) is 1. The van der Waals surface area contributed by atoms with Gasteiger partial charge in [0.25, 0.3) is 0 Å². The van der Waals surface area contributed by atoms with Crippen LogP contribution in [0.2, 0.25) is 0 Å². The summed E-state index contributed by atoms with van der Waals surface area (Å²) in [6.07, 6.45) is -4.63. The average Bonchev–Trinajstić information content (AvgIpc) is 3.09. The number of alkyl halides is 3. The van der Waals surface area contributed by atoms with Crippen molar-refractivity contribution in [1.29, 1.82) is 0 Å². The Labute approximate surface area is 167 Å². The molecule has 0 bridgehead atoms. The van der Waals surface area contributed by atoms with Gasteiger partial charge in [0.15, 0.2) is 0 Å². The summed E-state index contributed by atoms with van der Waals surface area (Å²) in [5.41, 5.74) is -0.425. The molecule has 0 unspecified atom stereocenters. The number of anilines is 2. The van der Waals surface area contributed by atoms with Crippen molar-refractivity contribution in [2.45, 2.75) is 12.6 Å². The summed E-state index contributed by atoms with van der Waals surface area (Å²) < 4.78 is 43.9. The number of hydrogen-bond donors (Lipinski definition) is 1. The fourth-order valence-electron chi connectivity index (χ4n) is 3.38. The van der Waals surface area contributed by atoms with Gasteiger partial charge in [-0.2, -0.15) is 13.2 Å². The summed E-state index contributed by atoms with van der Waals surface area (Å²) >= 11 is 0. The third-order valence-electron chi connectivity index (χ3n) is 4.87. The van der Waals surface area contributed by atoms with Gasteiger partial charge in [-0.1, -0.05) is 6.07 Å². The molecule has 0 saturated carbocycles. The molecule has 2 amide bonds. The zero-order chi connectivity index (χ0) is 21.5. The van der Waals surface area contributed by atoms with Crippen molar-refractivity contribution in [3.05, 3.63) is 70.6 Å². The molecule has 0 radical (unpaired) electrons. The normalized spacial score (nSPS) is 16.8. The molecule has 1 aliphatic heterocycles. The highest BCUT2D eigenvalue weighted by Gasteiger charge is 2.37. The number of fused-ring (bicyclic) bond motifs is 1. The minimum Gasteiger partial charge on any atom is -0.423 e. The van der Waals surface area contributed by atoms with E-state index >= 15 is 0 Å². The van der Waals surface area contributed by atoms with Crippen molar-refractivity contribution in [3.8, 4) is 0 Å². The quantitative estimate of drug-likeness (QED) is 0.659. The zero-order valence-electron chi connectivity index (χ0n) is 15.4. The Hall–Kier alpha value is -3.62. The second-order valence-corrected chi connectivity index (χ2v) is 6.95. The van der Waals surface area contributed by atoms with E-state index in [9.17, 15) is 27.6 Å². The highest BCUT2D eigenvalue weighted by atomic mass is 19.4. The summed E-state index contributed by atoms with van der Waals surface area (Å²) in [5.74, 6) is -1.55. The zero-order valence-corrected chi connectivity index (χ0v) is 15.4. The maximum atomic E-state index is 12.9. The first-order valence-electron chi connectivity index (χ1n) is 9.03. The molecule has 30 heavy (non-hydrogen) atoms. The van der Waals surface area contributed by atoms with Crippen molar-refractivity contribution in [2.75, 3.05) is 16.8 Å². The van der Waals surface area contributed by atoms with Crippen molar-refractivity contribution in [2.24, 2.45) is 5.92 Å². The van der Waals surface area contributed by atoms with Gasteiger partial charge in [0.05, 0.1) is 11.5 Å². The second kappa shape index (κ2) is 7.33. The van der Waals surface area contributed by atoms with Crippen LogP contribution in [0.3, 0.4) is 0 Å². The standard InChI is InChI=1S/C21H15F3N2O4/c22-21(23,24)14-2-1-3-16(10-14)26-11-13(9-18(26)27)20(29)25-15-5-6-17-12(8-15)4-7-19(28)30-17/h1-8,10,13H,9,11H2,(H,25,29)/t13-/m1/s1. The summed E-state index contributed by atoms with van der Waals surface area (Å²) in [5, 5.41) is 3.31. The van der Waals surface area contributed by atoms with E-state index in [0.29, 0.717) is 16.7 Å². The lowest BCUT2D eigenvalue weighted by Crippen LogP contribution is -2.28. The molecule has 1 aliphatic rings. The van der Waals surface area contributed by atoms with E-state index in [1.807, 2.05) is 0 Å². The first-order valence-corrected chi connectivity index (χ1v) is 9.03. The van der Waals surface area contributed by atoms with Crippen LogP contribution in [0.5, 0.6) is 0 Å². The number of rotatable bonds is 3. The topological polar surface area (TPSA) is 79.6 Å². The fraction of sp³-hybridized carbons (Fsp3) is 0.190. The molecule has 154 valence electrons. The monoisotopic (exact) mass is 416 g/mol. The molecule has 9 heteroatoms. The van der Waals surface area contributed by atoms with Crippen molar-refractivity contribution < 1.29 is 27.2 Å². The Morgan fingerprint density at radius 1 is 1.07 bits per heavy atom. The lowest BCUT2D eigenvalue weighted by Gasteiger charge is -2.18. The lowest BCUT2D eigenvalue weighted by molar-refractivity contribution is -0.137. The molecule has 4 rings (SSSR count). The number of benzene rings is 2. The van der Waals surface area contributed by atoms with Crippen LogP contribution in [0.1, 0.15) is 12.0 Å². The van der Waals surface area contributed by atoms with Crippen molar-refractivity contribution in [3.63, 3.8) is 0 Å². The van der Waals surface area contributed by atoms with E-state index < -0.39 is 35.1 Å². The largest absolute Gasteiger partial charge is 0.423 e. The van der Waals surface area contributed by atoms with Gasteiger partial charge in [-0.25, -0.2) is 4.79 Å². The summed E-state index contributed by atoms with van der Waals surface area (Å²) in [4.78, 5) is 37.4. The fourth-order valence-corrected chi connectivity index (χ4v) is 3.38. The number of amides is 2. The van der Waals surface area contributed by atoms with Gasteiger partial charge in [-0.05, 0) is 42.5 Å². The Balaban J connectivity index is 1.49. The predicted molar refractivity (Wildman–Crippen MR) is 103 cm³/mol. The summed E-state index contributed by atoms with van der Waals surface area (Å²) in [6.45, 7) is -0.0194. The average molecular weight is 416 g/mol. The number of carbonyl (C=O) groups is 2. The maximum Gasteiger partial charge on any atom is 0.416 e. The Bertz CT molecular complexity index is 1200. The van der Waals surface area contributed by atoms with Gasteiger partial charge in [0.1, 0.15) is 5.58 Å². The number of halogens is 3. The predicted octanol–water partition coefficient (Wildman–Crippen LogP) is 3.80. The molecule has 1 saturated heterocycles. The smallest absolute Gasteiger partial charge is 0.416 e. The van der Waals surface area contributed by atoms with Gasteiger partial charge in [-0.3, -0.25) is 9.59 Å². The number of nitrogens with one attached hydrogen (secondary N) is 1. The molecule has 3 aromatic rings. The maximum absolute atomic E-state index is 12.9. The van der Waals surface area contributed by atoms with E-state index in [-0.39, 0.29) is 18.7 Å². The van der Waals surface area contributed by atoms with E-state index in [2.05, 4.69) is 5.32 Å². The van der Waals surface area contributed by atoms with Gasteiger partial charge in [0.2, 0.25) is 11.8 Å². The first-order chi connectivity index (χ1) is 14.2. The molecular formula is C21H15F3N2O4. The molecule has 2 aromatic carbocycles. The highest BCUT2D eigenvalue weighted by Crippen LogP contribution is 2.33. The van der Waals surface area contributed by atoms with Crippen LogP contribution in [-0.2, 0) is 15.8 Å². The Morgan fingerprint density at radius 2 is 1.87 bits per heavy atom. The van der Waals surface area contributed by atoms with Gasteiger partial charge >= 0.3 is 11.8 Å². The molecule has 1 fully saturated rings. The van der Waals surface area contributed by atoms with Crippen molar-refractivity contribution >= 4 is 34.2 Å². The molecule has 1 atom stereocenters. The van der Waals surface area contributed by atoms with E-state index in [4.69, 9.17) is 4.42 Å². The molecule has 0 aliphatic carbocycles. The minimum absolute atomic E-state index is 0.0194. The van der Waals surface area contributed by atoms with Gasteiger partial charge in [-0.15, -0.1) is 0 Å². The Morgan fingerprint density at radius 3 is 2.63 bits per heavy atom. The Kier molecular flexibility index (Phi) is 4.81. The van der Waals surface area contributed by atoms with Crippen LogP contribution >= 0.6 is 0 Å². The molecule has 1 N–H and O–H groups in total. The molecule has 1 aromatic heterocycles. The lowest BCUT2D eigenvalue weighted by atomic mass is 10.1. The SMILES string of the molecule is O=C(Nc1ccc2oc(=O)ccc2c1)[C@@H]1CC(=O)N(c2cccc(C(F)(F)F)c2)C1. The van der Waals surface area contributed by atoms with E-state index in [1.165, 1.54) is 23.1 Å². The summed E-state index contributed by atoms with van der Waals surface area (Å²) in [7, 11) is 0. The van der Waals surface area contributed by atoms with Crippen LogP contribution in [0.15, 0.2) is 63.8 Å². The van der Waals surface area contributed by atoms with Crippen LogP contribution in [-0.4, -0.2) is 18.4 Å². The number of carbonyl (C=O) groups excluding carboxylic acids is 2. The molecular weight excluding hydrogens is 401 g/mol. The molecule has 2 heterocycles. The number of hydrogen-bond acceptors (Lipinski definition) is 4. The third kappa shape index (κ3) is 3.91.